The Labute approximate surface area is 123 Å². The first-order chi connectivity index (χ1) is 9.41. The Morgan fingerprint density at radius 1 is 1.35 bits per heavy atom. The zero-order valence-corrected chi connectivity index (χ0v) is 13.7. The fraction of sp³-hybridized carbons (Fsp3) is 0.889. The van der Waals surface area contributed by atoms with E-state index in [-0.39, 0.29) is 5.60 Å². The van der Waals surface area contributed by atoms with Crippen molar-refractivity contribution >= 4 is 0 Å². The molecular formula is C18H30O2. The van der Waals surface area contributed by atoms with Crippen molar-refractivity contribution in [2.75, 3.05) is 7.11 Å². The van der Waals surface area contributed by atoms with Gasteiger partial charge < -0.3 is 9.47 Å². The molecule has 20 heavy (non-hydrogen) atoms. The van der Waals surface area contributed by atoms with Gasteiger partial charge in [-0.15, -0.1) is 0 Å². The van der Waals surface area contributed by atoms with E-state index in [4.69, 9.17) is 9.47 Å². The summed E-state index contributed by atoms with van der Waals surface area (Å²) >= 11 is 0. The third-order valence-electron chi connectivity index (χ3n) is 5.95. The predicted molar refractivity (Wildman–Crippen MR) is 81.7 cm³/mol. The molecule has 3 aliphatic rings. The lowest BCUT2D eigenvalue weighted by molar-refractivity contribution is -0.0621. The highest BCUT2D eigenvalue weighted by Gasteiger charge is 2.69. The second-order valence-electron chi connectivity index (χ2n) is 7.97. The Morgan fingerprint density at radius 2 is 2.05 bits per heavy atom. The van der Waals surface area contributed by atoms with Gasteiger partial charge in [0.2, 0.25) is 0 Å². The Balaban J connectivity index is 1.76. The fourth-order valence-electron chi connectivity index (χ4n) is 4.89. The molecule has 2 aliphatic carbocycles. The lowest BCUT2D eigenvalue weighted by atomic mass is 9.64. The summed E-state index contributed by atoms with van der Waals surface area (Å²) in [5.74, 6) is 1.41. The van der Waals surface area contributed by atoms with Gasteiger partial charge in [0.25, 0.3) is 0 Å². The van der Waals surface area contributed by atoms with Gasteiger partial charge in [-0.1, -0.05) is 18.6 Å². The molecule has 0 amide bonds. The van der Waals surface area contributed by atoms with Gasteiger partial charge in [-0.2, -0.15) is 0 Å². The van der Waals surface area contributed by atoms with Gasteiger partial charge in [0.05, 0.1) is 17.8 Å². The van der Waals surface area contributed by atoms with Crippen LogP contribution in [0.1, 0.15) is 59.8 Å². The van der Waals surface area contributed by atoms with Gasteiger partial charge in [-0.25, -0.2) is 0 Å². The second-order valence-corrected chi connectivity index (χ2v) is 7.97. The van der Waals surface area contributed by atoms with Crippen molar-refractivity contribution < 1.29 is 9.47 Å². The highest BCUT2D eigenvalue weighted by molar-refractivity contribution is 5.19. The van der Waals surface area contributed by atoms with Crippen LogP contribution in [0.3, 0.4) is 0 Å². The van der Waals surface area contributed by atoms with Gasteiger partial charge in [0.15, 0.2) is 0 Å². The van der Waals surface area contributed by atoms with Crippen molar-refractivity contribution in [1.82, 2.24) is 0 Å². The lowest BCUT2D eigenvalue weighted by Crippen LogP contribution is -2.46. The minimum absolute atomic E-state index is 0.0588. The summed E-state index contributed by atoms with van der Waals surface area (Å²) in [7, 11) is 1.89. The first-order valence-corrected chi connectivity index (χ1v) is 8.25. The summed E-state index contributed by atoms with van der Waals surface area (Å²) < 4.78 is 12.1. The monoisotopic (exact) mass is 278 g/mol. The van der Waals surface area contributed by atoms with Crippen LogP contribution >= 0.6 is 0 Å². The molecule has 2 nitrogen and oxygen atoms in total. The maximum atomic E-state index is 6.21. The Kier molecular flexibility index (Phi) is 3.53. The molecule has 0 aromatic carbocycles. The maximum absolute atomic E-state index is 6.21. The van der Waals surface area contributed by atoms with E-state index in [1.165, 1.54) is 31.3 Å². The fourth-order valence-corrected chi connectivity index (χ4v) is 4.89. The SMILES string of the molecule is CO[C@@H]1C[C@@H](C)CC2(CC2)[C@H]1[C@@]1(C)O[C@@H]1CC=C(C)C. The molecule has 1 spiro atoms. The van der Waals surface area contributed by atoms with Crippen molar-refractivity contribution in [3.05, 3.63) is 11.6 Å². The third-order valence-corrected chi connectivity index (χ3v) is 5.95. The molecule has 3 rings (SSSR count). The van der Waals surface area contributed by atoms with Gasteiger partial charge in [-0.3, -0.25) is 0 Å². The molecule has 3 fully saturated rings. The molecule has 0 radical (unpaired) electrons. The number of hydrogen-bond donors (Lipinski definition) is 0. The molecule has 5 atom stereocenters. The quantitative estimate of drug-likeness (QED) is 0.563. The molecule has 1 heterocycles. The van der Waals surface area contributed by atoms with Gasteiger partial charge in [0, 0.05) is 13.0 Å². The zero-order valence-electron chi connectivity index (χ0n) is 13.7. The van der Waals surface area contributed by atoms with Crippen LogP contribution in [0.25, 0.3) is 0 Å². The van der Waals surface area contributed by atoms with Crippen LogP contribution < -0.4 is 0 Å². The molecule has 1 saturated heterocycles. The molecule has 1 aliphatic heterocycles. The van der Waals surface area contributed by atoms with Crippen molar-refractivity contribution in [2.24, 2.45) is 17.3 Å². The number of hydrogen-bond acceptors (Lipinski definition) is 2. The number of epoxide rings is 1. The summed E-state index contributed by atoms with van der Waals surface area (Å²) in [5, 5.41) is 0. The van der Waals surface area contributed by atoms with Crippen LogP contribution in [0.2, 0.25) is 0 Å². The highest BCUT2D eigenvalue weighted by Crippen LogP contribution is 2.68. The van der Waals surface area contributed by atoms with Crippen LogP contribution in [0.4, 0.5) is 0 Å². The van der Waals surface area contributed by atoms with Crippen LogP contribution in [0.15, 0.2) is 11.6 Å². The molecule has 0 aromatic heterocycles. The number of methoxy groups -OCH3 is 1. The van der Waals surface area contributed by atoms with Gasteiger partial charge >= 0.3 is 0 Å². The molecule has 0 bridgehead atoms. The van der Waals surface area contributed by atoms with Gasteiger partial charge in [0.1, 0.15) is 0 Å². The van der Waals surface area contributed by atoms with Crippen LogP contribution in [-0.4, -0.2) is 24.9 Å². The highest BCUT2D eigenvalue weighted by atomic mass is 16.6. The summed E-state index contributed by atoms with van der Waals surface area (Å²) in [6, 6.07) is 0. The lowest BCUT2D eigenvalue weighted by Gasteiger charge is -2.43. The standard InChI is InChI=1S/C18H30O2/c1-12(2)6-7-15-17(4,20-15)16-14(19-5)10-13(3)11-18(16)8-9-18/h6,13-16H,7-11H2,1-5H3/t13-,14-,15-,16-,17+/m1/s1. The minimum atomic E-state index is 0.0588. The summed E-state index contributed by atoms with van der Waals surface area (Å²) in [6.07, 6.45) is 9.55. The summed E-state index contributed by atoms with van der Waals surface area (Å²) in [6.45, 7) is 9.06. The summed E-state index contributed by atoms with van der Waals surface area (Å²) in [4.78, 5) is 0. The largest absolute Gasteiger partial charge is 0.381 e. The average molecular weight is 278 g/mol. The van der Waals surface area contributed by atoms with Crippen molar-refractivity contribution in [2.45, 2.75) is 77.6 Å². The van der Waals surface area contributed by atoms with E-state index in [0.717, 1.165) is 12.3 Å². The number of allylic oxidation sites excluding steroid dienone is 1. The smallest absolute Gasteiger partial charge is 0.0981 e. The summed E-state index contributed by atoms with van der Waals surface area (Å²) in [5.41, 5.74) is 1.99. The van der Waals surface area contributed by atoms with E-state index >= 15 is 0 Å². The normalized spacial score (nSPS) is 45.2. The molecule has 2 saturated carbocycles. The molecule has 0 unspecified atom stereocenters. The third kappa shape index (κ3) is 2.35. The first kappa shape index (κ1) is 14.6. The topological polar surface area (TPSA) is 21.8 Å². The Morgan fingerprint density at radius 3 is 2.60 bits per heavy atom. The van der Waals surface area contributed by atoms with Gasteiger partial charge in [-0.05, 0) is 64.2 Å². The molecular weight excluding hydrogens is 248 g/mol. The van der Waals surface area contributed by atoms with E-state index in [1.807, 2.05) is 7.11 Å². The van der Waals surface area contributed by atoms with Crippen molar-refractivity contribution in [3.63, 3.8) is 0 Å². The maximum Gasteiger partial charge on any atom is 0.0981 e. The second kappa shape index (κ2) is 4.84. The van der Waals surface area contributed by atoms with Crippen molar-refractivity contribution in [1.29, 1.82) is 0 Å². The number of rotatable bonds is 4. The van der Waals surface area contributed by atoms with Crippen molar-refractivity contribution in [3.8, 4) is 0 Å². The van der Waals surface area contributed by atoms with E-state index in [0.29, 0.717) is 23.5 Å². The minimum Gasteiger partial charge on any atom is -0.381 e. The Bertz CT molecular complexity index is 406. The zero-order chi connectivity index (χ0) is 14.5. The molecule has 0 N–H and O–H groups in total. The molecule has 114 valence electrons. The predicted octanol–water partition coefficient (Wildman–Crippen LogP) is 4.34. The average Bonchev–Trinajstić information content (AvgIpc) is 3.26. The van der Waals surface area contributed by atoms with E-state index in [1.54, 1.807) is 0 Å². The number of ether oxygens (including phenoxy) is 2. The van der Waals surface area contributed by atoms with E-state index < -0.39 is 0 Å². The molecule has 2 heteroatoms. The van der Waals surface area contributed by atoms with Crippen LogP contribution in [0.5, 0.6) is 0 Å². The van der Waals surface area contributed by atoms with E-state index in [2.05, 4.69) is 33.8 Å². The first-order valence-electron chi connectivity index (χ1n) is 8.25. The van der Waals surface area contributed by atoms with Crippen LogP contribution in [0, 0.1) is 17.3 Å². The van der Waals surface area contributed by atoms with Crippen LogP contribution in [-0.2, 0) is 9.47 Å². The molecule has 0 aromatic rings. The Hall–Kier alpha value is -0.340. The van der Waals surface area contributed by atoms with E-state index in [9.17, 15) is 0 Å².